The second kappa shape index (κ2) is 6.03. The van der Waals surface area contributed by atoms with Gasteiger partial charge in [-0.3, -0.25) is 4.21 Å². The number of ether oxygens (including phenoxy) is 2. The zero-order valence-corrected chi connectivity index (χ0v) is 13.2. The van der Waals surface area contributed by atoms with Crippen LogP contribution in [0.25, 0.3) is 0 Å². The number of hydrogen-bond acceptors (Lipinski definition) is 4. The quantitative estimate of drug-likeness (QED) is 0.846. The summed E-state index contributed by atoms with van der Waals surface area (Å²) < 4.78 is 24.6. The van der Waals surface area contributed by atoms with E-state index in [-0.39, 0.29) is 11.3 Å². The number of rotatable bonds is 2. The largest absolute Gasteiger partial charge is 0.347 e. The van der Waals surface area contributed by atoms with Gasteiger partial charge in [-0.1, -0.05) is 19.8 Å². The molecule has 2 N–H and O–H groups in total. The molecule has 3 aliphatic rings. The van der Waals surface area contributed by atoms with E-state index >= 15 is 0 Å². The van der Waals surface area contributed by atoms with Gasteiger partial charge in [-0.2, -0.15) is 0 Å². The Morgan fingerprint density at radius 3 is 2.65 bits per heavy atom. The third kappa shape index (κ3) is 2.96. The molecule has 3 rings (SSSR count). The molecule has 3 fully saturated rings. The summed E-state index contributed by atoms with van der Waals surface area (Å²) >= 11 is 0. The first-order valence-corrected chi connectivity index (χ1v) is 9.30. The molecule has 4 nitrogen and oxygen atoms in total. The molecule has 0 aromatic carbocycles. The lowest BCUT2D eigenvalue weighted by Crippen LogP contribution is -2.52. The molecule has 1 heterocycles. The lowest BCUT2D eigenvalue weighted by atomic mass is 9.90. The van der Waals surface area contributed by atoms with Crippen LogP contribution in [0.2, 0.25) is 0 Å². The SMILES string of the molecule is CC1CCCC(S(=O)C2CC3(CCC2N)OCCO3)C1. The van der Waals surface area contributed by atoms with Gasteiger partial charge < -0.3 is 15.2 Å². The summed E-state index contributed by atoms with van der Waals surface area (Å²) in [4.78, 5) is 0. The molecule has 0 radical (unpaired) electrons. The molecule has 1 aliphatic heterocycles. The van der Waals surface area contributed by atoms with Crippen molar-refractivity contribution in [1.82, 2.24) is 0 Å². The predicted octanol–water partition coefficient (Wildman–Crippen LogP) is 1.94. The van der Waals surface area contributed by atoms with Gasteiger partial charge in [0.15, 0.2) is 5.79 Å². The molecule has 1 spiro atoms. The van der Waals surface area contributed by atoms with Crippen LogP contribution in [-0.2, 0) is 20.3 Å². The lowest BCUT2D eigenvalue weighted by molar-refractivity contribution is -0.177. The zero-order valence-electron chi connectivity index (χ0n) is 12.4. The van der Waals surface area contributed by atoms with E-state index in [4.69, 9.17) is 15.2 Å². The molecule has 1 saturated heterocycles. The van der Waals surface area contributed by atoms with E-state index in [0.29, 0.717) is 30.8 Å². The lowest BCUT2D eigenvalue weighted by Gasteiger charge is -2.41. The van der Waals surface area contributed by atoms with Gasteiger partial charge in [0, 0.05) is 34.9 Å². The van der Waals surface area contributed by atoms with Crippen LogP contribution in [0.3, 0.4) is 0 Å². The van der Waals surface area contributed by atoms with E-state index in [1.54, 1.807) is 0 Å². The Kier molecular flexibility index (Phi) is 4.51. The minimum Gasteiger partial charge on any atom is -0.347 e. The molecule has 20 heavy (non-hydrogen) atoms. The van der Waals surface area contributed by atoms with Gasteiger partial charge in [0.1, 0.15) is 0 Å². The Morgan fingerprint density at radius 2 is 1.95 bits per heavy atom. The van der Waals surface area contributed by atoms with Crippen molar-refractivity contribution in [3.8, 4) is 0 Å². The average molecular weight is 301 g/mol. The first-order chi connectivity index (χ1) is 9.60. The van der Waals surface area contributed by atoms with Crippen molar-refractivity contribution < 1.29 is 13.7 Å². The van der Waals surface area contributed by atoms with E-state index in [1.807, 2.05) is 0 Å². The number of hydrogen-bond donors (Lipinski definition) is 1. The third-order valence-corrected chi connectivity index (χ3v) is 7.38. The van der Waals surface area contributed by atoms with Gasteiger partial charge in [-0.05, 0) is 25.2 Å². The number of nitrogens with two attached hydrogens (primary N) is 1. The summed E-state index contributed by atoms with van der Waals surface area (Å²) in [5.74, 6) is 0.224. The molecule has 5 unspecified atom stereocenters. The van der Waals surface area contributed by atoms with Gasteiger partial charge in [-0.15, -0.1) is 0 Å². The van der Waals surface area contributed by atoms with Gasteiger partial charge in [0.2, 0.25) is 0 Å². The van der Waals surface area contributed by atoms with Gasteiger partial charge >= 0.3 is 0 Å². The van der Waals surface area contributed by atoms with Crippen molar-refractivity contribution in [1.29, 1.82) is 0 Å². The molecule has 0 amide bonds. The van der Waals surface area contributed by atoms with Crippen LogP contribution < -0.4 is 5.73 Å². The first kappa shape index (κ1) is 14.9. The Bertz CT molecular complexity index is 370. The highest BCUT2D eigenvalue weighted by Gasteiger charge is 2.47. The molecule has 0 aromatic rings. The van der Waals surface area contributed by atoms with Crippen molar-refractivity contribution in [3.05, 3.63) is 0 Å². The summed E-state index contributed by atoms with van der Waals surface area (Å²) in [6.07, 6.45) is 7.09. The van der Waals surface area contributed by atoms with Crippen LogP contribution in [0.5, 0.6) is 0 Å². The Balaban J connectivity index is 1.68. The standard InChI is InChI=1S/C15H27NO3S/c1-11-3-2-4-12(9-11)20(17)14-10-15(6-5-13(14)16)18-7-8-19-15/h11-14H,2-10,16H2,1H3. The summed E-state index contributed by atoms with van der Waals surface area (Å²) in [5.41, 5.74) is 6.27. The molecule has 116 valence electrons. The van der Waals surface area contributed by atoms with E-state index < -0.39 is 16.6 Å². The predicted molar refractivity (Wildman–Crippen MR) is 79.8 cm³/mol. The van der Waals surface area contributed by atoms with Crippen molar-refractivity contribution in [2.24, 2.45) is 11.7 Å². The second-order valence-electron chi connectivity index (χ2n) is 6.78. The minimum atomic E-state index is -0.851. The van der Waals surface area contributed by atoms with Crippen molar-refractivity contribution in [3.63, 3.8) is 0 Å². The van der Waals surface area contributed by atoms with Gasteiger partial charge in [0.05, 0.1) is 18.5 Å². The summed E-state index contributed by atoms with van der Waals surface area (Å²) in [7, 11) is -0.851. The molecule has 5 heteroatoms. The molecule has 2 saturated carbocycles. The molecular formula is C15H27NO3S. The van der Waals surface area contributed by atoms with Crippen LogP contribution in [0, 0.1) is 5.92 Å². The topological polar surface area (TPSA) is 61.6 Å². The Hall–Kier alpha value is 0.0300. The van der Waals surface area contributed by atoms with Crippen molar-refractivity contribution >= 4 is 10.8 Å². The fraction of sp³-hybridized carbons (Fsp3) is 1.00. The summed E-state index contributed by atoms with van der Waals surface area (Å²) in [6.45, 7) is 3.60. The Morgan fingerprint density at radius 1 is 1.20 bits per heavy atom. The van der Waals surface area contributed by atoms with E-state index in [1.165, 1.54) is 12.8 Å². The highest BCUT2D eigenvalue weighted by Crippen LogP contribution is 2.39. The van der Waals surface area contributed by atoms with Gasteiger partial charge in [-0.25, -0.2) is 0 Å². The maximum Gasteiger partial charge on any atom is 0.169 e. The smallest absolute Gasteiger partial charge is 0.169 e. The molecule has 5 atom stereocenters. The highest BCUT2D eigenvalue weighted by molar-refractivity contribution is 7.86. The van der Waals surface area contributed by atoms with Crippen LogP contribution in [0.4, 0.5) is 0 Å². The van der Waals surface area contributed by atoms with E-state index in [0.717, 1.165) is 25.7 Å². The maximum absolute atomic E-state index is 13.0. The first-order valence-electron chi connectivity index (χ1n) is 8.02. The molecule has 2 aliphatic carbocycles. The van der Waals surface area contributed by atoms with Crippen molar-refractivity contribution in [2.45, 2.75) is 74.2 Å². The molecule has 0 bridgehead atoms. The Labute approximate surface area is 124 Å². The highest BCUT2D eigenvalue weighted by atomic mass is 32.2. The van der Waals surface area contributed by atoms with Crippen LogP contribution >= 0.6 is 0 Å². The summed E-state index contributed by atoms with van der Waals surface area (Å²) in [6, 6.07) is 0.0338. The summed E-state index contributed by atoms with van der Waals surface area (Å²) in [5, 5.41) is 0.364. The van der Waals surface area contributed by atoms with E-state index in [2.05, 4.69) is 6.92 Å². The van der Waals surface area contributed by atoms with Crippen molar-refractivity contribution in [2.75, 3.05) is 13.2 Å². The van der Waals surface area contributed by atoms with Crippen LogP contribution in [0.1, 0.15) is 51.9 Å². The maximum atomic E-state index is 13.0. The monoisotopic (exact) mass is 301 g/mol. The molecule has 0 aromatic heterocycles. The van der Waals surface area contributed by atoms with Crippen LogP contribution in [-0.4, -0.2) is 39.8 Å². The average Bonchev–Trinajstić information content (AvgIpc) is 2.89. The van der Waals surface area contributed by atoms with Crippen LogP contribution in [0.15, 0.2) is 0 Å². The second-order valence-corrected chi connectivity index (χ2v) is 8.70. The minimum absolute atomic E-state index is 0.0338. The third-order valence-electron chi connectivity index (χ3n) is 5.18. The fourth-order valence-electron chi connectivity index (χ4n) is 3.98. The molecular weight excluding hydrogens is 274 g/mol. The van der Waals surface area contributed by atoms with Gasteiger partial charge in [0.25, 0.3) is 0 Å². The zero-order chi connectivity index (χ0) is 14.2. The normalized spacial score (nSPS) is 42.7. The van der Waals surface area contributed by atoms with E-state index in [9.17, 15) is 4.21 Å². The fourth-order valence-corrected chi connectivity index (χ4v) is 6.29.